The molecule has 7 heteroatoms. The molecule has 1 aromatic rings. The third kappa shape index (κ3) is 4.54. The standard InChI is InChI=1S/C18H23N3O2S2/c1-23-13-5-8-21-17(22)16(25-18(21)24)14-19-9-11-20(12-10-19)15-6-3-2-4-7-15/h2-4,6-7,14H,5,8-13H2,1H3. The summed E-state index contributed by atoms with van der Waals surface area (Å²) in [5.41, 5.74) is 1.26. The van der Waals surface area contributed by atoms with Crippen LogP contribution in [0.3, 0.4) is 0 Å². The molecule has 0 spiro atoms. The second kappa shape index (κ2) is 8.69. The predicted octanol–water partition coefficient (Wildman–Crippen LogP) is 2.55. The summed E-state index contributed by atoms with van der Waals surface area (Å²) < 4.78 is 5.70. The van der Waals surface area contributed by atoms with Crippen LogP contribution in [0.5, 0.6) is 0 Å². The summed E-state index contributed by atoms with van der Waals surface area (Å²) in [6, 6.07) is 10.4. The number of amides is 1. The van der Waals surface area contributed by atoms with Crippen LogP contribution in [-0.2, 0) is 9.53 Å². The lowest BCUT2D eigenvalue weighted by molar-refractivity contribution is -0.122. The molecule has 1 amide bonds. The lowest BCUT2D eigenvalue weighted by atomic mass is 10.2. The van der Waals surface area contributed by atoms with Crippen LogP contribution in [0.15, 0.2) is 41.4 Å². The molecule has 0 radical (unpaired) electrons. The number of carbonyl (C=O) groups excluding carboxylic acids is 1. The fraction of sp³-hybridized carbons (Fsp3) is 0.444. The molecule has 0 aromatic heterocycles. The SMILES string of the molecule is COCCCN1C(=O)C(=CN2CCN(c3ccccc3)CC2)SC1=S. The van der Waals surface area contributed by atoms with Gasteiger partial charge in [0.25, 0.3) is 5.91 Å². The number of benzene rings is 1. The highest BCUT2D eigenvalue weighted by molar-refractivity contribution is 8.26. The Morgan fingerprint density at radius 3 is 2.60 bits per heavy atom. The molecule has 5 nitrogen and oxygen atoms in total. The Bertz CT molecular complexity index is 643. The minimum absolute atomic E-state index is 0.0246. The molecule has 0 atom stereocenters. The summed E-state index contributed by atoms with van der Waals surface area (Å²) in [6.45, 7) is 4.98. The zero-order chi connectivity index (χ0) is 17.6. The number of piperazine rings is 1. The molecule has 2 saturated heterocycles. The molecular weight excluding hydrogens is 354 g/mol. The monoisotopic (exact) mass is 377 g/mol. The van der Waals surface area contributed by atoms with Crippen molar-refractivity contribution in [2.45, 2.75) is 6.42 Å². The molecule has 0 N–H and O–H groups in total. The van der Waals surface area contributed by atoms with E-state index in [-0.39, 0.29) is 5.91 Å². The van der Waals surface area contributed by atoms with E-state index >= 15 is 0 Å². The molecule has 2 aliphatic rings. The first-order valence-electron chi connectivity index (χ1n) is 8.47. The number of nitrogens with zero attached hydrogens (tertiary/aromatic N) is 3. The Hall–Kier alpha value is -1.57. The van der Waals surface area contributed by atoms with Crippen LogP contribution in [-0.4, -0.2) is 66.5 Å². The molecule has 3 rings (SSSR count). The fourth-order valence-corrected chi connectivity index (χ4v) is 4.28. The highest BCUT2D eigenvalue weighted by Gasteiger charge is 2.32. The van der Waals surface area contributed by atoms with Gasteiger partial charge in [-0.1, -0.05) is 42.2 Å². The zero-order valence-electron chi connectivity index (χ0n) is 14.4. The average molecular weight is 378 g/mol. The molecule has 1 aromatic carbocycles. The largest absolute Gasteiger partial charge is 0.385 e. The summed E-state index contributed by atoms with van der Waals surface area (Å²) in [7, 11) is 1.67. The molecule has 0 aliphatic carbocycles. The van der Waals surface area contributed by atoms with Gasteiger partial charge in [0.1, 0.15) is 4.32 Å². The van der Waals surface area contributed by atoms with Crippen molar-refractivity contribution in [2.24, 2.45) is 0 Å². The van der Waals surface area contributed by atoms with Crippen molar-refractivity contribution in [3.63, 3.8) is 0 Å². The van der Waals surface area contributed by atoms with Gasteiger partial charge in [0.2, 0.25) is 0 Å². The Kier molecular flexibility index (Phi) is 6.34. The number of anilines is 1. The van der Waals surface area contributed by atoms with Crippen LogP contribution < -0.4 is 4.90 Å². The summed E-state index contributed by atoms with van der Waals surface area (Å²) in [5, 5.41) is 0. The van der Waals surface area contributed by atoms with E-state index in [4.69, 9.17) is 17.0 Å². The molecule has 2 aliphatic heterocycles. The molecule has 0 unspecified atom stereocenters. The van der Waals surface area contributed by atoms with Crippen molar-refractivity contribution < 1.29 is 9.53 Å². The maximum atomic E-state index is 12.5. The van der Waals surface area contributed by atoms with Crippen LogP contribution in [0.25, 0.3) is 0 Å². The zero-order valence-corrected chi connectivity index (χ0v) is 16.0. The Morgan fingerprint density at radius 1 is 1.20 bits per heavy atom. The summed E-state index contributed by atoms with van der Waals surface area (Å²) in [5.74, 6) is 0.0246. The van der Waals surface area contributed by atoms with Gasteiger partial charge in [-0.3, -0.25) is 9.69 Å². The Balaban J connectivity index is 1.55. The van der Waals surface area contributed by atoms with Gasteiger partial charge >= 0.3 is 0 Å². The van der Waals surface area contributed by atoms with E-state index in [2.05, 4.69) is 34.1 Å². The van der Waals surface area contributed by atoms with Crippen LogP contribution >= 0.6 is 24.0 Å². The van der Waals surface area contributed by atoms with Gasteiger partial charge in [-0.15, -0.1) is 0 Å². The van der Waals surface area contributed by atoms with Crippen molar-refractivity contribution in [2.75, 3.05) is 51.3 Å². The average Bonchev–Trinajstić information content (AvgIpc) is 2.90. The first-order chi connectivity index (χ1) is 12.2. The van der Waals surface area contributed by atoms with Crippen molar-refractivity contribution in [1.82, 2.24) is 9.80 Å². The fourth-order valence-electron chi connectivity index (χ4n) is 2.96. The lowest BCUT2D eigenvalue weighted by Gasteiger charge is -2.35. The minimum atomic E-state index is 0.0246. The number of ether oxygens (including phenoxy) is 1. The topological polar surface area (TPSA) is 36.0 Å². The smallest absolute Gasteiger partial charge is 0.267 e. The number of methoxy groups -OCH3 is 1. The van der Waals surface area contributed by atoms with E-state index in [1.54, 1.807) is 12.0 Å². The van der Waals surface area contributed by atoms with Gasteiger partial charge in [-0.05, 0) is 18.6 Å². The first kappa shape index (κ1) is 18.2. The van der Waals surface area contributed by atoms with E-state index in [1.807, 2.05) is 12.3 Å². The molecule has 134 valence electrons. The van der Waals surface area contributed by atoms with Gasteiger partial charge in [0.05, 0.1) is 4.91 Å². The third-order valence-corrected chi connectivity index (χ3v) is 5.70. The van der Waals surface area contributed by atoms with Crippen LogP contribution in [0.1, 0.15) is 6.42 Å². The van der Waals surface area contributed by atoms with Crippen molar-refractivity contribution in [3.05, 3.63) is 41.4 Å². The molecular formula is C18H23N3O2S2. The number of hydrogen-bond donors (Lipinski definition) is 0. The molecule has 25 heavy (non-hydrogen) atoms. The van der Waals surface area contributed by atoms with E-state index < -0.39 is 0 Å². The van der Waals surface area contributed by atoms with E-state index in [9.17, 15) is 4.79 Å². The summed E-state index contributed by atoms with van der Waals surface area (Å²) in [4.78, 5) is 19.6. The third-order valence-electron chi connectivity index (χ3n) is 4.34. The Labute approximate surface area is 158 Å². The summed E-state index contributed by atoms with van der Waals surface area (Å²) >= 11 is 6.76. The highest BCUT2D eigenvalue weighted by atomic mass is 32.2. The molecule has 2 fully saturated rings. The quantitative estimate of drug-likeness (QED) is 0.431. The second-order valence-corrected chi connectivity index (χ2v) is 7.70. The lowest BCUT2D eigenvalue weighted by Crippen LogP contribution is -2.44. The van der Waals surface area contributed by atoms with Crippen LogP contribution in [0.4, 0.5) is 5.69 Å². The Morgan fingerprint density at radius 2 is 1.92 bits per heavy atom. The van der Waals surface area contributed by atoms with Crippen LogP contribution in [0.2, 0.25) is 0 Å². The maximum absolute atomic E-state index is 12.5. The number of thiocarbonyl (C=S) groups is 1. The van der Waals surface area contributed by atoms with Gasteiger partial charge in [-0.2, -0.15) is 0 Å². The van der Waals surface area contributed by atoms with Crippen molar-refractivity contribution in [1.29, 1.82) is 0 Å². The van der Waals surface area contributed by atoms with Crippen molar-refractivity contribution in [3.8, 4) is 0 Å². The molecule has 0 saturated carbocycles. The van der Waals surface area contributed by atoms with Gasteiger partial charge < -0.3 is 14.5 Å². The molecule has 2 heterocycles. The van der Waals surface area contributed by atoms with Gasteiger partial charge in [0.15, 0.2) is 0 Å². The second-order valence-electron chi connectivity index (χ2n) is 6.02. The summed E-state index contributed by atoms with van der Waals surface area (Å²) in [6.07, 6.45) is 2.78. The predicted molar refractivity (Wildman–Crippen MR) is 107 cm³/mol. The van der Waals surface area contributed by atoms with Crippen molar-refractivity contribution >= 4 is 39.9 Å². The maximum Gasteiger partial charge on any atom is 0.267 e. The van der Waals surface area contributed by atoms with Crippen LogP contribution in [0, 0.1) is 0 Å². The van der Waals surface area contributed by atoms with Gasteiger partial charge in [0, 0.05) is 58.3 Å². The highest BCUT2D eigenvalue weighted by Crippen LogP contribution is 2.31. The van der Waals surface area contributed by atoms with E-state index in [0.717, 1.165) is 37.5 Å². The minimum Gasteiger partial charge on any atom is -0.385 e. The number of thioether (sulfide) groups is 1. The number of hydrogen-bond acceptors (Lipinski definition) is 6. The molecule has 0 bridgehead atoms. The number of rotatable bonds is 6. The van der Waals surface area contributed by atoms with E-state index in [0.29, 0.717) is 17.5 Å². The number of para-hydroxylation sites is 1. The van der Waals surface area contributed by atoms with Gasteiger partial charge in [-0.25, -0.2) is 0 Å². The normalized spacial score (nSPS) is 20.0. The van der Waals surface area contributed by atoms with E-state index in [1.165, 1.54) is 17.4 Å². The number of carbonyl (C=O) groups is 1. The first-order valence-corrected chi connectivity index (χ1v) is 9.70.